The largest absolute Gasteiger partial charge is 0.416 e. The highest BCUT2D eigenvalue weighted by Gasteiger charge is 2.30. The predicted molar refractivity (Wildman–Crippen MR) is 70.6 cm³/mol. The Labute approximate surface area is 119 Å². The minimum absolute atomic E-state index is 0.369. The number of aryl methyl sites for hydroxylation is 1. The van der Waals surface area contributed by atoms with Gasteiger partial charge in [-0.25, -0.2) is 0 Å². The minimum Gasteiger partial charge on any atom is -0.345 e. The van der Waals surface area contributed by atoms with Crippen LogP contribution in [0.4, 0.5) is 13.2 Å². The number of carbonyl (C=O) groups excluding carboxylic acids is 1. The highest BCUT2D eigenvalue weighted by atomic mass is 19.4. The second kappa shape index (κ2) is 5.59. The topological polar surface area (TPSA) is 57.8 Å². The van der Waals surface area contributed by atoms with E-state index in [2.05, 4.69) is 15.5 Å². The van der Waals surface area contributed by atoms with Crippen molar-refractivity contribution in [2.24, 2.45) is 0 Å². The van der Waals surface area contributed by atoms with E-state index in [4.69, 9.17) is 0 Å². The average molecular weight is 297 g/mol. The van der Waals surface area contributed by atoms with Gasteiger partial charge < -0.3 is 5.32 Å². The maximum Gasteiger partial charge on any atom is 0.416 e. The fraction of sp³-hybridized carbons (Fsp3) is 0.286. The molecule has 2 rings (SSSR count). The zero-order chi connectivity index (χ0) is 15.6. The Morgan fingerprint density at radius 2 is 2.10 bits per heavy atom. The molecular weight excluding hydrogens is 283 g/mol. The van der Waals surface area contributed by atoms with Gasteiger partial charge in [0.25, 0.3) is 5.91 Å². The van der Waals surface area contributed by atoms with E-state index < -0.39 is 17.8 Å². The molecule has 0 spiro atoms. The molecule has 1 atom stereocenters. The van der Waals surface area contributed by atoms with Gasteiger partial charge in [-0.3, -0.25) is 9.89 Å². The number of hydrogen-bond donors (Lipinski definition) is 2. The number of hydrogen-bond acceptors (Lipinski definition) is 2. The molecule has 4 nitrogen and oxygen atoms in total. The molecule has 1 aromatic heterocycles. The summed E-state index contributed by atoms with van der Waals surface area (Å²) in [6.07, 6.45) is -3.02. The number of aromatic amines is 1. The Hall–Kier alpha value is -2.31. The fourth-order valence-electron chi connectivity index (χ4n) is 1.92. The molecular formula is C14H14F3N3O. The number of alkyl halides is 3. The molecule has 0 aliphatic carbocycles. The number of H-pyrrole nitrogens is 1. The number of nitrogens with zero attached hydrogens (tertiary/aromatic N) is 1. The number of benzene rings is 1. The average Bonchev–Trinajstić information content (AvgIpc) is 2.84. The lowest BCUT2D eigenvalue weighted by Gasteiger charge is -2.16. The minimum atomic E-state index is -4.40. The van der Waals surface area contributed by atoms with Gasteiger partial charge in [0.2, 0.25) is 0 Å². The van der Waals surface area contributed by atoms with Gasteiger partial charge in [-0.05, 0) is 31.5 Å². The Kier molecular flexibility index (Phi) is 4.02. The molecule has 7 heteroatoms. The van der Waals surface area contributed by atoms with Gasteiger partial charge in [-0.15, -0.1) is 0 Å². The van der Waals surface area contributed by atoms with Crippen LogP contribution in [0.15, 0.2) is 30.5 Å². The maximum atomic E-state index is 12.7. The molecule has 112 valence electrons. The Morgan fingerprint density at radius 3 is 2.67 bits per heavy atom. The van der Waals surface area contributed by atoms with Crippen molar-refractivity contribution >= 4 is 5.91 Å². The highest BCUT2D eigenvalue weighted by Crippen LogP contribution is 2.30. The van der Waals surface area contributed by atoms with Crippen molar-refractivity contribution < 1.29 is 18.0 Å². The summed E-state index contributed by atoms with van der Waals surface area (Å²) in [5.74, 6) is -0.383. The van der Waals surface area contributed by atoms with Crippen LogP contribution < -0.4 is 5.32 Å². The summed E-state index contributed by atoms with van der Waals surface area (Å²) < 4.78 is 38.0. The second-order valence-electron chi connectivity index (χ2n) is 4.73. The monoisotopic (exact) mass is 297 g/mol. The smallest absolute Gasteiger partial charge is 0.345 e. The van der Waals surface area contributed by atoms with E-state index in [0.717, 1.165) is 12.1 Å². The third-order valence-electron chi connectivity index (χ3n) is 3.14. The van der Waals surface area contributed by atoms with E-state index in [1.165, 1.54) is 12.3 Å². The zero-order valence-corrected chi connectivity index (χ0v) is 11.5. The summed E-state index contributed by atoms with van der Waals surface area (Å²) in [6.45, 7) is 3.32. The first kappa shape index (κ1) is 15.1. The lowest BCUT2D eigenvalue weighted by molar-refractivity contribution is -0.137. The molecule has 0 bridgehead atoms. The van der Waals surface area contributed by atoms with Crippen LogP contribution >= 0.6 is 0 Å². The Bertz CT molecular complexity index is 649. The van der Waals surface area contributed by atoms with Gasteiger partial charge in [0.15, 0.2) is 0 Å². The summed E-state index contributed by atoms with van der Waals surface area (Å²) in [4.78, 5) is 12.0. The molecule has 1 unspecified atom stereocenters. The van der Waals surface area contributed by atoms with Gasteiger partial charge in [-0.2, -0.15) is 18.3 Å². The van der Waals surface area contributed by atoms with E-state index >= 15 is 0 Å². The molecule has 0 saturated carbocycles. The highest BCUT2D eigenvalue weighted by molar-refractivity contribution is 5.95. The van der Waals surface area contributed by atoms with Crippen molar-refractivity contribution in [3.63, 3.8) is 0 Å². The number of aromatic nitrogens is 2. The first-order valence-corrected chi connectivity index (χ1v) is 6.27. The normalized spacial score (nSPS) is 13.0. The summed E-state index contributed by atoms with van der Waals surface area (Å²) in [6, 6.07) is 4.35. The maximum absolute atomic E-state index is 12.7. The molecule has 0 saturated heterocycles. The number of amides is 1. The molecule has 0 fully saturated rings. The molecule has 1 aromatic carbocycles. The third-order valence-corrected chi connectivity index (χ3v) is 3.14. The van der Waals surface area contributed by atoms with Gasteiger partial charge in [0.1, 0.15) is 0 Å². The van der Waals surface area contributed by atoms with Crippen LogP contribution in [0.2, 0.25) is 0 Å². The van der Waals surface area contributed by atoms with Crippen molar-refractivity contribution in [1.82, 2.24) is 15.5 Å². The quantitative estimate of drug-likeness (QED) is 0.914. The number of halogens is 3. The number of carbonyl (C=O) groups is 1. The first-order valence-electron chi connectivity index (χ1n) is 6.27. The SMILES string of the molecule is Cc1[nH]ncc1C(=O)NC(C)c1cccc(C(F)(F)F)c1. The second-order valence-corrected chi connectivity index (χ2v) is 4.73. The fourth-order valence-corrected chi connectivity index (χ4v) is 1.92. The molecule has 0 radical (unpaired) electrons. The predicted octanol–water partition coefficient (Wildman–Crippen LogP) is 3.23. The van der Waals surface area contributed by atoms with E-state index in [9.17, 15) is 18.0 Å². The van der Waals surface area contributed by atoms with Crippen LogP contribution in [-0.4, -0.2) is 16.1 Å². The molecule has 2 aromatic rings. The number of rotatable bonds is 3. The van der Waals surface area contributed by atoms with E-state index in [0.29, 0.717) is 16.8 Å². The van der Waals surface area contributed by atoms with Gasteiger partial charge >= 0.3 is 6.18 Å². The third kappa shape index (κ3) is 3.42. The molecule has 0 aliphatic heterocycles. The van der Waals surface area contributed by atoms with Crippen LogP contribution in [0.25, 0.3) is 0 Å². The van der Waals surface area contributed by atoms with Gasteiger partial charge in [-0.1, -0.05) is 12.1 Å². The van der Waals surface area contributed by atoms with Crippen molar-refractivity contribution in [3.8, 4) is 0 Å². The van der Waals surface area contributed by atoms with Gasteiger partial charge in [0, 0.05) is 5.69 Å². The molecule has 21 heavy (non-hydrogen) atoms. The summed E-state index contributed by atoms with van der Waals surface area (Å²) in [7, 11) is 0. The van der Waals surface area contributed by atoms with Crippen LogP contribution in [0.1, 0.15) is 40.1 Å². The zero-order valence-electron chi connectivity index (χ0n) is 11.5. The lowest BCUT2D eigenvalue weighted by Crippen LogP contribution is -2.27. The van der Waals surface area contributed by atoms with Crippen molar-refractivity contribution in [3.05, 3.63) is 52.8 Å². The first-order chi connectivity index (χ1) is 9.79. The summed E-state index contributed by atoms with van der Waals surface area (Å²) in [5.41, 5.74) is 0.623. The Morgan fingerprint density at radius 1 is 1.38 bits per heavy atom. The Balaban J connectivity index is 2.16. The molecule has 0 aliphatic rings. The van der Waals surface area contributed by atoms with Gasteiger partial charge in [0.05, 0.1) is 23.4 Å². The summed E-state index contributed by atoms with van der Waals surface area (Å²) in [5, 5.41) is 9.02. The van der Waals surface area contributed by atoms with Crippen LogP contribution in [0, 0.1) is 6.92 Å². The van der Waals surface area contributed by atoms with Crippen molar-refractivity contribution in [2.45, 2.75) is 26.1 Å². The lowest BCUT2D eigenvalue weighted by atomic mass is 10.0. The molecule has 1 heterocycles. The van der Waals surface area contributed by atoms with E-state index in [-0.39, 0.29) is 5.91 Å². The van der Waals surface area contributed by atoms with E-state index in [1.54, 1.807) is 19.9 Å². The van der Waals surface area contributed by atoms with E-state index in [1.807, 2.05) is 0 Å². The van der Waals surface area contributed by atoms with Crippen LogP contribution in [0.5, 0.6) is 0 Å². The standard InChI is InChI=1S/C14H14F3N3O/c1-8(19-13(21)12-7-18-20-9(12)2)10-4-3-5-11(6-10)14(15,16)17/h3-8H,1-2H3,(H,18,20)(H,19,21). The van der Waals surface area contributed by atoms with Crippen molar-refractivity contribution in [2.75, 3.05) is 0 Å². The van der Waals surface area contributed by atoms with Crippen LogP contribution in [-0.2, 0) is 6.18 Å². The number of nitrogens with one attached hydrogen (secondary N) is 2. The van der Waals surface area contributed by atoms with Crippen molar-refractivity contribution in [1.29, 1.82) is 0 Å². The molecule has 2 N–H and O–H groups in total. The van der Waals surface area contributed by atoms with Crippen LogP contribution in [0.3, 0.4) is 0 Å². The summed E-state index contributed by atoms with van der Waals surface area (Å²) >= 11 is 0. The molecule has 1 amide bonds.